The molecule has 1 atom stereocenters. The topological polar surface area (TPSA) is 76.7 Å². The lowest BCUT2D eigenvalue weighted by atomic mass is 9.76. The number of para-hydroxylation sites is 1. The molecule has 0 aromatic heterocycles. The number of fused-ring (bicyclic) bond motifs is 1. The zero-order valence-electron chi connectivity index (χ0n) is 17.5. The Morgan fingerprint density at radius 3 is 2.64 bits per heavy atom. The molecule has 3 fully saturated rings. The number of alkyl halides is 2. The molecule has 0 heterocycles. The van der Waals surface area contributed by atoms with Gasteiger partial charge in [-0.1, -0.05) is 29.8 Å². The zero-order chi connectivity index (χ0) is 23.6. The summed E-state index contributed by atoms with van der Waals surface area (Å²) < 4.78 is 48.4. The molecule has 2 bridgehead atoms. The quantitative estimate of drug-likeness (QED) is 0.565. The lowest BCUT2D eigenvalue weighted by Crippen LogP contribution is -2.53. The first kappa shape index (κ1) is 23.2. The molecule has 6 nitrogen and oxygen atoms in total. The van der Waals surface area contributed by atoms with E-state index in [0.717, 1.165) is 6.07 Å². The van der Waals surface area contributed by atoms with Crippen LogP contribution in [0.3, 0.4) is 0 Å². The second kappa shape index (κ2) is 9.51. The smallest absolute Gasteiger partial charge is 0.387 e. The molecule has 3 saturated carbocycles. The Morgan fingerprint density at radius 1 is 1.15 bits per heavy atom. The Hall–Kier alpha value is -2.94. The molecule has 0 radical (unpaired) electrons. The first-order chi connectivity index (χ1) is 15.7. The second-order valence-electron chi connectivity index (χ2n) is 8.38. The van der Waals surface area contributed by atoms with E-state index in [1.54, 1.807) is 18.2 Å². The summed E-state index contributed by atoms with van der Waals surface area (Å²) in [5.41, 5.74) is -0.00926. The van der Waals surface area contributed by atoms with Crippen LogP contribution < -0.4 is 20.1 Å². The van der Waals surface area contributed by atoms with Crippen LogP contribution in [-0.4, -0.2) is 30.6 Å². The van der Waals surface area contributed by atoms with Gasteiger partial charge in [0.1, 0.15) is 17.3 Å². The monoisotopic (exact) mass is 482 g/mol. The van der Waals surface area contributed by atoms with Gasteiger partial charge in [-0.2, -0.15) is 8.78 Å². The van der Waals surface area contributed by atoms with Crippen LogP contribution in [0.5, 0.6) is 11.5 Å². The molecule has 0 spiro atoms. The van der Waals surface area contributed by atoms with Gasteiger partial charge in [0.2, 0.25) is 5.91 Å². The van der Waals surface area contributed by atoms with Crippen molar-refractivity contribution in [2.24, 2.45) is 11.8 Å². The van der Waals surface area contributed by atoms with E-state index >= 15 is 0 Å². The van der Waals surface area contributed by atoms with E-state index in [4.69, 9.17) is 16.3 Å². The Kier molecular flexibility index (Phi) is 6.69. The van der Waals surface area contributed by atoms with Gasteiger partial charge in [-0.3, -0.25) is 9.59 Å². The predicted molar refractivity (Wildman–Crippen MR) is 114 cm³/mol. The molecule has 0 saturated heterocycles. The summed E-state index contributed by atoms with van der Waals surface area (Å²) in [6.07, 6.45) is 1.84. The predicted octanol–water partition coefficient (Wildman–Crippen LogP) is 4.06. The minimum absolute atomic E-state index is 0.0211. The largest absolute Gasteiger partial charge is 0.484 e. The van der Waals surface area contributed by atoms with Gasteiger partial charge in [0.25, 0.3) is 5.91 Å². The number of amides is 2. The van der Waals surface area contributed by atoms with Crippen LogP contribution in [0.25, 0.3) is 0 Å². The highest BCUT2D eigenvalue weighted by atomic mass is 35.5. The van der Waals surface area contributed by atoms with Crippen molar-refractivity contribution in [3.8, 4) is 11.5 Å². The molecule has 0 unspecified atom stereocenters. The average molecular weight is 483 g/mol. The summed E-state index contributed by atoms with van der Waals surface area (Å²) in [6, 6.07) is 10.2. The SMILES string of the molecule is O=C(COc1ccc(Cl)c(F)c1)NC12CC(C1)[C@H](C(=O)NCc1ccccc1OC(F)F)C2. The molecule has 2 aromatic carbocycles. The summed E-state index contributed by atoms with van der Waals surface area (Å²) in [4.78, 5) is 25.0. The van der Waals surface area contributed by atoms with Crippen LogP contribution in [0.15, 0.2) is 42.5 Å². The molecule has 2 N–H and O–H groups in total. The first-order valence-corrected chi connectivity index (χ1v) is 10.8. The Balaban J connectivity index is 1.26. The number of rotatable bonds is 9. The fourth-order valence-electron chi connectivity index (χ4n) is 4.66. The normalized spacial score (nSPS) is 23.1. The number of ether oxygens (including phenoxy) is 2. The summed E-state index contributed by atoms with van der Waals surface area (Å²) >= 11 is 5.63. The van der Waals surface area contributed by atoms with E-state index in [1.165, 1.54) is 18.2 Å². The van der Waals surface area contributed by atoms with Crippen molar-refractivity contribution < 1.29 is 32.2 Å². The molecule has 3 aliphatic rings. The summed E-state index contributed by atoms with van der Waals surface area (Å²) in [6.45, 7) is -3.17. The number of carbonyl (C=O) groups excluding carboxylic acids is 2. The number of nitrogens with one attached hydrogen (secondary N) is 2. The summed E-state index contributed by atoms with van der Waals surface area (Å²) in [5.74, 6) is -1.10. The molecule has 3 aliphatic carbocycles. The Labute approximate surface area is 193 Å². The van der Waals surface area contributed by atoms with Crippen LogP contribution >= 0.6 is 11.6 Å². The van der Waals surface area contributed by atoms with Crippen LogP contribution in [0.1, 0.15) is 24.8 Å². The number of halogens is 4. The number of hydrogen-bond acceptors (Lipinski definition) is 4. The molecule has 0 aliphatic heterocycles. The highest BCUT2D eigenvalue weighted by molar-refractivity contribution is 6.30. The average Bonchev–Trinajstić information content (AvgIpc) is 3.29. The third kappa shape index (κ3) is 5.35. The van der Waals surface area contributed by atoms with E-state index in [2.05, 4.69) is 15.4 Å². The highest BCUT2D eigenvalue weighted by Crippen LogP contribution is 2.55. The van der Waals surface area contributed by atoms with E-state index in [0.29, 0.717) is 24.8 Å². The molecular formula is C23H22ClF3N2O4. The van der Waals surface area contributed by atoms with Crippen molar-refractivity contribution >= 4 is 23.4 Å². The summed E-state index contributed by atoms with van der Waals surface area (Å²) in [5, 5.41) is 5.70. The van der Waals surface area contributed by atoms with Gasteiger partial charge in [-0.15, -0.1) is 0 Å². The third-order valence-electron chi connectivity index (χ3n) is 6.13. The van der Waals surface area contributed by atoms with Crippen molar-refractivity contribution in [2.75, 3.05) is 6.61 Å². The molecule has 33 heavy (non-hydrogen) atoms. The van der Waals surface area contributed by atoms with E-state index in [9.17, 15) is 22.8 Å². The summed E-state index contributed by atoms with van der Waals surface area (Å²) in [7, 11) is 0. The highest BCUT2D eigenvalue weighted by Gasteiger charge is 2.58. The van der Waals surface area contributed by atoms with Gasteiger partial charge in [0, 0.05) is 29.6 Å². The van der Waals surface area contributed by atoms with Gasteiger partial charge >= 0.3 is 6.61 Å². The second-order valence-corrected chi connectivity index (χ2v) is 8.78. The van der Waals surface area contributed by atoms with Gasteiger partial charge in [0.15, 0.2) is 6.61 Å². The molecule has 2 amide bonds. The van der Waals surface area contributed by atoms with Gasteiger partial charge in [-0.25, -0.2) is 4.39 Å². The zero-order valence-corrected chi connectivity index (χ0v) is 18.2. The van der Waals surface area contributed by atoms with Crippen LogP contribution in [0.4, 0.5) is 13.2 Å². The number of carbonyl (C=O) groups is 2. The maximum Gasteiger partial charge on any atom is 0.387 e. The standard InChI is InChI=1S/C23H22ClF3N2O4/c24-17-6-5-15(7-18(17)25)32-12-20(30)29-23-8-14(9-23)16(10-23)21(31)28-11-13-3-1-2-4-19(13)33-22(26)27/h1-7,14,16,22H,8-12H2,(H,28,31)(H,29,30)/t14?,16-,23?/m1/s1. The van der Waals surface area contributed by atoms with Crippen LogP contribution in [0.2, 0.25) is 5.02 Å². The fourth-order valence-corrected chi connectivity index (χ4v) is 4.78. The molecular weight excluding hydrogens is 461 g/mol. The lowest BCUT2D eigenvalue weighted by Gasteiger charge is -2.39. The van der Waals surface area contributed by atoms with Crippen molar-refractivity contribution in [3.63, 3.8) is 0 Å². The van der Waals surface area contributed by atoms with Gasteiger partial charge in [0.05, 0.1) is 5.02 Å². The van der Waals surface area contributed by atoms with Crippen molar-refractivity contribution in [1.29, 1.82) is 0 Å². The lowest BCUT2D eigenvalue weighted by molar-refractivity contribution is -0.126. The number of hydrogen-bond donors (Lipinski definition) is 2. The molecule has 2 aromatic rings. The van der Waals surface area contributed by atoms with Crippen LogP contribution in [-0.2, 0) is 16.1 Å². The van der Waals surface area contributed by atoms with Gasteiger partial charge < -0.3 is 20.1 Å². The maximum atomic E-state index is 13.5. The van der Waals surface area contributed by atoms with Crippen LogP contribution in [0, 0.1) is 17.7 Å². The van der Waals surface area contributed by atoms with E-state index in [1.807, 2.05) is 0 Å². The van der Waals surface area contributed by atoms with E-state index in [-0.39, 0.29) is 53.3 Å². The Bertz CT molecular complexity index is 1050. The molecule has 10 heteroatoms. The van der Waals surface area contributed by atoms with E-state index < -0.39 is 18.0 Å². The molecule has 5 rings (SSSR count). The first-order valence-electron chi connectivity index (χ1n) is 10.4. The number of benzene rings is 2. The van der Waals surface area contributed by atoms with Crippen molar-refractivity contribution in [3.05, 3.63) is 58.9 Å². The van der Waals surface area contributed by atoms with Gasteiger partial charge in [-0.05, 0) is 43.4 Å². The minimum atomic E-state index is -2.95. The van der Waals surface area contributed by atoms with Crippen molar-refractivity contribution in [2.45, 2.75) is 38.0 Å². The third-order valence-corrected chi connectivity index (χ3v) is 6.44. The fraction of sp³-hybridized carbons (Fsp3) is 0.391. The maximum absolute atomic E-state index is 13.5. The minimum Gasteiger partial charge on any atom is -0.484 e. The Morgan fingerprint density at radius 2 is 1.91 bits per heavy atom. The molecule has 176 valence electrons. The van der Waals surface area contributed by atoms with Crippen molar-refractivity contribution in [1.82, 2.24) is 10.6 Å².